The first-order valence-electron chi connectivity index (χ1n) is 7.93. The number of rotatable bonds is 5. The number of aromatic nitrogens is 2. The maximum atomic E-state index is 12.3. The molecule has 6 heteroatoms. The van der Waals surface area contributed by atoms with Gasteiger partial charge in [0.1, 0.15) is 0 Å². The summed E-state index contributed by atoms with van der Waals surface area (Å²) in [6.45, 7) is 3.42. The van der Waals surface area contributed by atoms with Gasteiger partial charge in [0.15, 0.2) is 0 Å². The van der Waals surface area contributed by atoms with Crippen molar-refractivity contribution in [2.75, 3.05) is 11.9 Å². The fourth-order valence-corrected chi connectivity index (χ4v) is 2.39. The van der Waals surface area contributed by atoms with E-state index in [-0.39, 0.29) is 12.5 Å². The van der Waals surface area contributed by atoms with Crippen molar-refractivity contribution >= 4 is 22.8 Å². The van der Waals surface area contributed by atoms with E-state index in [4.69, 9.17) is 0 Å². The minimum absolute atomic E-state index is 0.121. The van der Waals surface area contributed by atoms with Crippen molar-refractivity contribution in [2.45, 2.75) is 44.7 Å². The van der Waals surface area contributed by atoms with Crippen LogP contribution in [0.3, 0.4) is 0 Å². The highest BCUT2D eigenvalue weighted by molar-refractivity contribution is 5.98. The summed E-state index contributed by atoms with van der Waals surface area (Å²) in [6.07, 6.45) is 5.32. The molecule has 1 amide bonds. The highest BCUT2D eigenvalue weighted by Crippen LogP contribution is 2.22. The smallest absolute Gasteiger partial charge is 0.251 e. The zero-order valence-corrected chi connectivity index (χ0v) is 13.5. The highest BCUT2D eigenvalue weighted by Gasteiger charge is 2.21. The van der Waals surface area contributed by atoms with Crippen molar-refractivity contribution in [3.05, 3.63) is 30.0 Å². The first-order chi connectivity index (χ1) is 11.0. The second-order valence-corrected chi connectivity index (χ2v) is 6.74. The summed E-state index contributed by atoms with van der Waals surface area (Å²) >= 11 is 0. The van der Waals surface area contributed by atoms with Gasteiger partial charge in [-0.15, -0.1) is 0 Å². The number of nitrogens with one attached hydrogen (secondary N) is 2. The van der Waals surface area contributed by atoms with Crippen molar-refractivity contribution in [1.82, 2.24) is 15.3 Å². The minimum atomic E-state index is -0.658. The number of carbonyl (C=O) groups excluding carboxylic acids is 1. The molecular formula is C17H22N4O2. The van der Waals surface area contributed by atoms with Gasteiger partial charge >= 0.3 is 0 Å². The minimum Gasteiger partial charge on any atom is -0.394 e. The number of aliphatic hydroxyl groups excluding tert-OH is 1. The molecular weight excluding hydrogens is 292 g/mol. The third-order valence-corrected chi connectivity index (χ3v) is 4.13. The lowest BCUT2D eigenvalue weighted by atomic mass is 9.93. The van der Waals surface area contributed by atoms with Crippen LogP contribution >= 0.6 is 0 Å². The molecule has 3 rings (SSSR count). The number of nitrogens with zero attached hydrogens (tertiary/aromatic N) is 2. The number of amides is 1. The third-order valence-electron chi connectivity index (χ3n) is 4.13. The van der Waals surface area contributed by atoms with Crippen molar-refractivity contribution < 1.29 is 9.90 Å². The standard InChI is InChI=1S/C17H22N4O2/c1-17(2,10-22)21-15(23)11-6-7-12-9-18-16(20-14(12)8-11)19-13-4-3-5-13/h6-9,13,22H,3-5,10H2,1-2H3,(H,21,23)(H,18,19,20). The predicted octanol–water partition coefficient (Wildman–Crippen LogP) is 2.09. The topological polar surface area (TPSA) is 87.1 Å². The van der Waals surface area contributed by atoms with Crippen LogP contribution in [0.25, 0.3) is 10.9 Å². The Morgan fingerprint density at radius 2 is 2.17 bits per heavy atom. The van der Waals surface area contributed by atoms with E-state index in [1.165, 1.54) is 6.42 Å². The van der Waals surface area contributed by atoms with Crippen LogP contribution in [0.5, 0.6) is 0 Å². The Morgan fingerprint density at radius 3 is 2.83 bits per heavy atom. The maximum Gasteiger partial charge on any atom is 0.251 e. The van der Waals surface area contributed by atoms with E-state index in [1.807, 2.05) is 6.07 Å². The van der Waals surface area contributed by atoms with Crippen molar-refractivity contribution in [3.63, 3.8) is 0 Å². The van der Waals surface area contributed by atoms with Crippen LogP contribution in [-0.4, -0.2) is 39.2 Å². The highest BCUT2D eigenvalue weighted by atomic mass is 16.3. The number of carbonyl (C=O) groups is 1. The molecule has 0 spiro atoms. The number of hydrogen-bond donors (Lipinski definition) is 3. The summed E-state index contributed by atoms with van der Waals surface area (Å²) in [7, 11) is 0. The van der Waals surface area contributed by atoms with Gasteiger partial charge in [-0.2, -0.15) is 0 Å². The van der Waals surface area contributed by atoms with E-state index in [9.17, 15) is 9.90 Å². The molecule has 23 heavy (non-hydrogen) atoms. The number of hydrogen-bond acceptors (Lipinski definition) is 5. The van der Waals surface area contributed by atoms with E-state index < -0.39 is 5.54 Å². The van der Waals surface area contributed by atoms with Gasteiger partial charge in [-0.3, -0.25) is 4.79 Å². The maximum absolute atomic E-state index is 12.3. The van der Waals surface area contributed by atoms with Crippen LogP contribution in [0.15, 0.2) is 24.4 Å². The molecule has 1 aromatic heterocycles. The molecule has 0 saturated heterocycles. The first-order valence-corrected chi connectivity index (χ1v) is 7.93. The first kappa shape index (κ1) is 15.7. The molecule has 122 valence electrons. The van der Waals surface area contributed by atoms with Gasteiger partial charge < -0.3 is 15.7 Å². The molecule has 1 fully saturated rings. The van der Waals surface area contributed by atoms with Crippen LogP contribution in [0, 0.1) is 0 Å². The quantitative estimate of drug-likeness (QED) is 0.786. The van der Waals surface area contributed by atoms with Crippen LogP contribution in [0.2, 0.25) is 0 Å². The Labute approximate surface area is 135 Å². The Morgan fingerprint density at radius 1 is 1.39 bits per heavy atom. The molecule has 1 saturated carbocycles. The van der Waals surface area contributed by atoms with E-state index in [1.54, 1.807) is 32.2 Å². The monoisotopic (exact) mass is 314 g/mol. The molecule has 0 atom stereocenters. The normalized spacial score (nSPS) is 15.3. The summed E-state index contributed by atoms with van der Waals surface area (Å²) in [5.74, 6) is 0.383. The van der Waals surface area contributed by atoms with Gasteiger partial charge in [-0.1, -0.05) is 6.07 Å². The van der Waals surface area contributed by atoms with E-state index in [0.29, 0.717) is 17.6 Å². The van der Waals surface area contributed by atoms with Crippen LogP contribution < -0.4 is 10.6 Å². The number of benzene rings is 1. The Kier molecular flexibility index (Phi) is 4.17. The molecule has 0 aliphatic heterocycles. The average molecular weight is 314 g/mol. The summed E-state index contributed by atoms with van der Waals surface area (Å²) in [6, 6.07) is 5.80. The lowest BCUT2D eigenvalue weighted by Crippen LogP contribution is -2.46. The zero-order valence-electron chi connectivity index (χ0n) is 13.5. The molecule has 3 N–H and O–H groups in total. The Hall–Kier alpha value is -2.21. The number of aliphatic hydroxyl groups is 1. The predicted molar refractivity (Wildman–Crippen MR) is 89.4 cm³/mol. The van der Waals surface area contributed by atoms with Crippen molar-refractivity contribution in [2.24, 2.45) is 0 Å². The Bertz CT molecular complexity index is 726. The molecule has 1 heterocycles. The van der Waals surface area contributed by atoms with Gasteiger partial charge in [0.05, 0.1) is 17.7 Å². The molecule has 1 aliphatic rings. The van der Waals surface area contributed by atoms with Crippen LogP contribution in [0.1, 0.15) is 43.5 Å². The lowest BCUT2D eigenvalue weighted by molar-refractivity contribution is 0.0869. The molecule has 0 radical (unpaired) electrons. The number of fused-ring (bicyclic) bond motifs is 1. The van der Waals surface area contributed by atoms with E-state index in [2.05, 4.69) is 20.6 Å². The molecule has 2 aromatic rings. The lowest BCUT2D eigenvalue weighted by Gasteiger charge is -2.26. The summed E-state index contributed by atoms with van der Waals surface area (Å²) < 4.78 is 0. The van der Waals surface area contributed by atoms with Gasteiger partial charge in [0.2, 0.25) is 5.95 Å². The zero-order chi connectivity index (χ0) is 16.4. The average Bonchev–Trinajstić information content (AvgIpc) is 2.49. The summed E-state index contributed by atoms with van der Waals surface area (Å²) in [5, 5.41) is 16.3. The van der Waals surface area contributed by atoms with Crippen LogP contribution in [0.4, 0.5) is 5.95 Å². The number of anilines is 1. The van der Waals surface area contributed by atoms with E-state index in [0.717, 1.165) is 23.7 Å². The van der Waals surface area contributed by atoms with Gasteiger partial charge in [0, 0.05) is 23.2 Å². The van der Waals surface area contributed by atoms with Crippen molar-refractivity contribution in [1.29, 1.82) is 0 Å². The summed E-state index contributed by atoms with van der Waals surface area (Å²) in [5.41, 5.74) is 0.595. The van der Waals surface area contributed by atoms with E-state index >= 15 is 0 Å². The second-order valence-electron chi connectivity index (χ2n) is 6.74. The second kappa shape index (κ2) is 6.12. The molecule has 1 aliphatic carbocycles. The largest absolute Gasteiger partial charge is 0.394 e. The van der Waals surface area contributed by atoms with Crippen LogP contribution in [-0.2, 0) is 0 Å². The van der Waals surface area contributed by atoms with Gasteiger partial charge in [-0.05, 0) is 45.2 Å². The van der Waals surface area contributed by atoms with Gasteiger partial charge in [0.25, 0.3) is 5.91 Å². The molecule has 0 unspecified atom stereocenters. The molecule has 6 nitrogen and oxygen atoms in total. The molecule has 0 bridgehead atoms. The SMILES string of the molecule is CC(C)(CO)NC(=O)c1ccc2cnc(NC3CCC3)nc2c1. The summed E-state index contributed by atoms with van der Waals surface area (Å²) in [4.78, 5) is 21.1. The van der Waals surface area contributed by atoms with Gasteiger partial charge in [-0.25, -0.2) is 9.97 Å². The van der Waals surface area contributed by atoms with Crippen molar-refractivity contribution in [3.8, 4) is 0 Å². The molecule has 1 aromatic carbocycles. The Balaban J connectivity index is 1.82. The third kappa shape index (κ3) is 3.59. The fourth-order valence-electron chi connectivity index (χ4n) is 2.39. The fraction of sp³-hybridized carbons (Fsp3) is 0.471.